The molecule has 0 aliphatic rings. The summed E-state index contributed by atoms with van der Waals surface area (Å²) in [5, 5.41) is 3.33. The maximum absolute atomic E-state index is 4.70. The summed E-state index contributed by atoms with van der Waals surface area (Å²) >= 11 is 3.47. The molecule has 23 heavy (non-hydrogen) atoms. The second kappa shape index (κ2) is 8.72. The summed E-state index contributed by atoms with van der Waals surface area (Å²) in [4.78, 5) is 11.4. The normalized spacial score (nSPS) is 11.7. The van der Waals surface area contributed by atoms with E-state index >= 15 is 0 Å². The molecule has 0 saturated heterocycles. The number of pyridine rings is 1. The number of nitrogens with one attached hydrogen (secondary N) is 1. The Bertz CT molecular complexity index is 677. The second-order valence-corrected chi connectivity index (χ2v) is 6.28. The SMILES string of the molecule is C=CCCCN(C)C(=NCc1cn2cc(Br)ccc2n1)NCC. The molecule has 0 amide bonds. The fourth-order valence-corrected chi connectivity index (χ4v) is 2.65. The number of aromatic nitrogens is 2. The van der Waals surface area contributed by atoms with Gasteiger partial charge in [-0.1, -0.05) is 6.08 Å². The van der Waals surface area contributed by atoms with E-state index in [1.807, 2.05) is 35.0 Å². The number of unbranched alkanes of at least 4 members (excludes halogenated alkanes) is 1. The largest absolute Gasteiger partial charge is 0.357 e. The van der Waals surface area contributed by atoms with Crippen LogP contribution in [0, 0.1) is 0 Å². The van der Waals surface area contributed by atoms with E-state index in [1.165, 1.54) is 0 Å². The van der Waals surface area contributed by atoms with Crippen molar-refractivity contribution < 1.29 is 0 Å². The molecule has 2 aromatic heterocycles. The van der Waals surface area contributed by atoms with Crippen molar-refractivity contribution in [2.45, 2.75) is 26.3 Å². The molecule has 1 N–H and O–H groups in total. The molecule has 0 bridgehead atoms. The van der Waals surface area contributed by atoms with Crippen molar-refractivity contribution in [3.05, 3.63) is 47.3 Å². The van der Waals surface area contributed by atoms with Crippen LogP contribution in [0.3, 0.4) is 0 Å². The predicted molar refractivity (Wildman–Crippen MR) is 99.8 cm³/mol. The Kier molecular flexibility index (Phi) is 6.65. The molecule has 0 saturated carbocycles. The van der Waals surface area contributed by atoms with E-state index in [0.717, 1.165) is 47.7 Å². The highest BCUT2D eigenvalue weighted by atomic mass is 79.9. The maximum atomic E-state index is 4.70. The molecular weight excluding hydrogens is 354 g/mol. The molecule has 0 aromatic carbocycles. The number of guanidine groups is 1. The molecule has 0 aliphatic carbocycles. The van der Waals surface area contributed by atoms with E-state index < -0.39 is 0 Å². The molecule has 0 aliphatic heterocycles. The van der Waals surface area contributed by atoms with Crippen LogP contribution in [0.5, 0.6) is 0 Å². The van der Waals surface area contributed by atoms with E-state index in [9.17, 15) is 0 Å². The average Bonchev–Trinajstić information content (AvgIpc) is 2.93. The first-order chi connectivity index (χ1) is 11.1. The van der Waals surface area contributed by atoms with Crippen molar-refractivity contribution in [3.8, 4) is 0 Å². The third-order valence-corrected chi connectivity index (χ3v) is 3.92. The standard InChI is InChI=1S/C17H24BrN5/c1-4-6-7-10-22(3)17(19-5-2)20-11-15-13-23-12-14(18)8-9-16(23)21-15/h4,8-9,12-13H,1,5-7,10-11H2,2-3H3,(H,19,20). The van der Waals surface area contributed by atoms with Gasteiger partial charge in [0.2, 0.25) is 0 Å². The molecule has 0 radical (unpaired) electrons. The first-order valence-electron chi connectivity index (χ1n) is 7.87. The molecule has 2 aromatic rings. The Hall–Kier alpha value is -1.82. The van der Waals surface area contributed by atoms with Crippen LogP contribution < -0.4 is 5.32 Å². The summed E-state index contributed by atoms with van der Waals surface area (Å²) in [6.07, 6.45) is 8.07. The van der Waals surface area contributed by atoms with Gasteiger partial charge in [-0.05, 0) is 47.8 Å². The van der Waals surface area contributed by atoms with Gasteiger partial charge in [0.1, 0.15) is 5.65 Å². The van der Waals surface area contributed by atoms with Gasteiger partial charge >= 0.3 is 0 Å². The van der Waals surface area contributed by atoms with E-state index in [-0.39, 0.29) is 0 Å². The summed E-state index contributed by atoms with van der Waals surface area (Å²) in [5.74, 6) is 0.912. The number of allylic oxidation sites excluding steroid dienone is 1. The van der Waals surface area contributed by atoms with E-state index in [1.54, 1.807) is 0 Å². The number of nitrogens with zero attached hydrogens (tertiary/aromatic N) is 4. The van der Waals surface area contributed by atoms with Gasteiger partial charge in [0.05, 0.1) is 12.2 Å². The van der Waals surface area contributed by atoms with Gasteiger partial charge in [-0.3, -0.25) is 0 Å². The van der Waals surface area contributed by atoms with Crippen molar-refractivity contribution in [3.63, 3.8) is 0 Å². The topological polar surface area (TPSA) is 44.9 Å². The van der Waals surface area contributed by atoms with Gasteiger partial charge < -0.3 is 14.6 Å². The molecule has 0 atom stereocenters. The van der Waals surface area contributed by atoms with Gasteiger partial charge in [0.15, 0.2) is 5.96 Å². The van der Waals surface area contributed by atoms with Gasteiger partial charge in [-0.25, -0.2) is 9.98 Å². The lowest BCUT2D eigenvalue weighted by Gasteiger charge is -2.21. The lowest BCUT2D eigenvalue weighted by molar-refractivity contribution is 0.470. The zero-order valence-electron chi connectivity index (χ0n) is 13.8. The van der Waals surface area contributed by atoms with Crippen LogP contribution in [0.4, 0.5) is 0 Å². The van der Waals surface area contributed by atoms with Crippen LogP contribution in [-0.2, 0) is 6.54 Å². The second-order valence-electron chi connectivity index (χ2n) is 5.37. The quantitative estimate of drug-likeness (QED) is 0.347. The lowest BCUT2D eigenvalue weighted by Crippen LogP contribution is -2.39. The third-order valence-electron chi connectivity index (χ3n) is 3.45. The van der Waals surface area contributed by atoms with Crippen molar-refractivity contribution >= 4 is 27.5 Å². The minimum atomic E-state index is 0.563. The van der Waals surface area contributed by atoms with Gasteiger partial charge in [0, 0.05) is 37.0 Å². The van der Waals surface area contributed by atoms with E-state index in [0.29, 0.717) is 6.54 Å². The van der Waals surface area contributed by atoms with Crippen molar-refractivity contribution in [2.24, 2.45) is 4.99 Å². The Labute approximate surface area is 146 Å². The van der Waals surface area contributed by atoms with Gasteiger partial charge in [-0.15, -0.1) is 6.58 Å². The van der Waals surface area contributed by atoms with Crippen molar-refractivity contribution in [2.75, 3.05) is 20.1 Å². The molecule has 0 fully saturated rings. The van der Waals surface area contributed by atoms with E-state index in [2.05, 4.69) is 51.7 Å². The van der Waals surface area contributed by atoms with Crippen LogP contribution in [0.15, 0.2) is 46.6 Å². The summed E-state index contributed by atoms with van der Waals surface area (Å²) < 4.78 is 3.04. The van der Waals surface area contributed by atoms with Crippen LogP contribution in [-0.4, -0.2) is 40.4 Å². The van der Waals surface area contributed by atoms with E-state index in [4.69, 9.17) is 4.99 Å². The summed E-state index contributed by atoms with van der Waals surface area (Å²) in [6.45, 7) is 8.21. The Morgan fingerprint density at radius 3 is 3.04 bits per heavy atom. The minimum Gasteiger partial charge on any atom is -0.357 e. The maximum Gasteiger partial charge on any atom is 0.194 e. The minimum absolute atomic E-state index is 0.563. The number of fused-ring (bicyclic) bond motifs is 1. The highest BCUT2D eigenvalue weighted by molar-refractivity contribution is 9.10. The Balaban J connectivity index is 2.07. The number of hydrogen-bond donors (Lipinski definition) is 1. The molecule has 5 nitrogen and oxygen atoms in total. The molecule has 0 unspecified atom stereocenters. The molecule has 2 rings (SSSR count). The number of hydrogen-bond acceptors (Lipinski definition) is 2. The van der Waals surface area contributed by atoms with Gasteiger partial charge in [-0.2, -0.15) is 0 Å². The van der Waals surface area contributed by atoms with Crippen molar-refractivity contribution in [1.29, 1.82) is 0 Å². The first-order valence-corrected chi connectivity index (χ1v) is 8.66. The van der Waals surface area contributed by atoms with Crippen molar-refractivity contribution in [1.82, 2.24) is 19.6 Å². The zero-order valence-corrected chi connectivity index (χ0v) is 15.4. The molecule has 124 valence electrons. The van der Waals surface area contributed by atoms with Gasteiger partial charge in [0.25, 0.3) is 0 Å². The highest BCUT2D eigenvalue weighted by Gasteiger charge is 2.06. The van der Waals surface area contributed by atoms with Crippen LogP contribution in [0.25, 0.3) is 5.65 Å². The van der Waals surface area contributed by atoms with Crippen LogP contribution in [0.1, 0.15) is 25.5 Å². The number of aliphatic imine (C=N–C) groups is 1. The molecule has 6 heteroatoms. The fourth-order valence-electron chi connectivity index (χ4n) is 2.30. The number of halogens is 1. The summed E-state index contributed by atoms with van der Waals surface area (Å²) in [5.41, 5.74) is 1.89. The highest BCUT2D eigenvalue weighted by Crippen LogP contribution is 2.13. The summed E-state index contributed by atoms with van der Waals surface area (Å²) in [6, 6.07) is 3.98. The first kappa shape index (κ1) is 17.5. The average molecular weight is 378 g/mol. The smallest absolute Gasteiger partial charge is 0.194 e. The molecule has 2 heterocycles. The summed E-state index contributed by atoms with van der Waals surface area (Å²) in [7, 11) is 2.06. The van der Waals surface area contributed by atoms with Crippen LogP contribution >= 0.6 is 15.9 Å². The lowest BCUT2D eigenvalue weighted by atomic mass is 10.3. The monoisotopic (exact) mass is 377 g/mol. The third kappa shape index (κ3) is 5.10. The zero-order chi connectivity index (χ0) is 16.7. The molecule has 0 spiro atoms. The predicted octanol–water partition coefficient (Wildman–Crippen LogP) is 3.46. The Morgan fingerprint density at radius 1 is 1.48 bits per heavy atom. The van der Waals surface area contributed by atoms with Crippen LogP contribution in [0.2, 0.25) is 0 Å². The molecular formula is C17H24BrN5. The fraction of sp³-hybridized carbons (Fsp3) is 0.412. The Morgan fingerprint density at radius 2 is 2.30 bits per heavy atom. The number of rotatable bonds is 7. The number of imidazole rings is 1.